The zero-order valence-corrected chi connectivity index (χ0v) is 11.9. The molecule has 19 heavy (non-hydrogen) atoms. The lowest BCUT2D eigenvalue weighted by Crippen LogP contribution is -2.28. The van der Waals surface area contributed by atoms with Crippen LogP contribution in [0.2, 0.25) is 0 Å². The number of sulfone groups is 1. The number of nitrogens with one attached hydrogen (secondary N) is 1. The van der Waals surface area contributed by atoms with Crippen molar-refractivity contribution in [1.82, 2.24) is 5.32 Å². The summed E-state index contributed by atoms with van der Waals surface area (Å²) < 4.78 is 36.3. The summed E-state index contributed by atoms with van der Waals surface area (Å²) in [5.41, 5.74) is 0.935. The van der Waals surface area contributed by atoms with Gasteiger partial charge in [0.15, 0.2) is 9.84 Å². The summed E-state index contributed by atoms with van der Waals surface area (Å²) in [6.07, 6.45) is 1.45. The minimum Gasteiger partial charge on any atom is -0.319 e. The van der Waals surface area contributed by atoms with Crippen LogP contribution < -0.4 is 5.32 Å². The summed E-state index contributed by atoms with van der Waals surface area (Å²) in [6, 6.07) is 6.56. The van der Waals surface area contributed by atoms with Gasteiger partial charge in [-0.3, -0.25) is 0 Å². The van der Waals surface area contributed by atoms with Gasteiger partial charge in [-0.25, -0.2) is 12.8 Å². The Bertz CT molecular complexity index is 530. The van der Waals surface area contributed by atoms with Crippen LogP contribution in [0.25, 0.3) is 0 Å². The molecule has 1 aliphatic heterocycles. The molecule has 2 rings (SSSR count). The van der Waals surface area contributed by atoms with Crippen molar-refractivity contribution in [2.45, 2.75) is 12.8 Å². The molecule has 0 radical (unpaired) electrons. The van der Waals surface area contributed by atoms with Crippen molar-refractivity contribution < 1.29 is 12.8 Å². The fourth-order valence-corrected chi connectivity index (χ4v) is 4.75. The van der Waals surface area contributed by atoms with Crippen LogP contribution in [-0.4, -0.2) is 33.5 Å². The van der Waals surface area contributed by atoms with E-state index in [4.69, 9.17) is 0 Å². The maximum absolute atomic E-state index is 13.2. The van der Waals surface area contributed by atoms with Crippen LogP contribution in [0.3, 0.4) is 0 Å². The molecular weight excluding hydrogens is 265 g/mol. The molecular formula is C14H20FNO2S. The van der Waals surface area contributed by atoms with Crippen molar-refractivity contribution in [2.75, 3.05) is 25.1 Å². The van der Waals surface area contributed by atoms with Gasteiger partial charge in [-0.2, -0.15) is 0 Å². The first kappa shape index (κ1) is 14.5. The Morgan fingerprint density at radius 2 is 2.26 bits per heavy atom. The summed E-state index contributed by atoms with van der Waals surface area (Å²) in [5, 5.41) is 3.12. The number of benzene rings is 1. The summed E-state index contributed by atoms with van der Waals surface area (Å²) in [4.78, 5) is 0. The van der Waals surface area contributed by atoms with Crippen LogP contribution in [0.15, 0.2) is 24.3 Å². The van der Waals surface area contributed by atoms with Gasteiger partial charge in [-0.15, -0.1) is 0 Å². The first-order chi connectivity index (χ1) is 9.00. The third-order valence-electron chi connectivity index (χ3n) is 3.79. The normalized spacial score (nSPS) is 23.4. The molecule has 0 amide bonds. The van der Waals surface area contributed by atoms with E-state index in [-0.39, 0.29) is 23.4 Å². The fraction of sp³-hybridized carbons (Fsp3) is 0.571. The average molecular weight is 285 g/mol. The first-order valence-corrected chi connectivity index (χ1v) is 8.42. The van der Waals surface area contributed by atoms with E-state index in [1.165, 1.54) is 12.1 Å². The van der Waals surface area contributed by atoms with Crippen LogP contribution in [0, 0.1) is 17.7 Å². The van der Waals surface area contributed by atoms with E-state index in [2.05, 4.69) is 5.32 Å². The smallest absolute Gasteiger partial charge is 0.150 e. The molecule has 0 bridgehead atoms. The second-order valence-corrected chi connectivity index (χ2v) is 7.54. The summed E-state index contributed by atoms with van der Waals surface area (Å²) >= 11 is 0. The molecule has 2 unspecified atom stereocenters. The van der Waals surface area contributed by atoms with Crippen molar-refractivity contribution in [3.8, 4) is 0 Å². The van der Waals surface area contributed by atoms with Gasteiger partial charge in [0, 0.05) is 0 Å². The molecule has 1 N–H and O–H groups in total. The minimum absolute atomic E-state index is 0.181. The van der Waals surface area contributed by atoms with Gasteiger partial charge in [0.1, 0.15) is 5.82 Å². The number of halogens is 1. The van der Waals surface area contributed by atoms with Crippen molar-refractivity contribution in [3.63, 3.8) is 0 Å². The summed E-state index contributed by atoms with van der Waals surface area (Å²) in [6.45, 7) is 0.761. The molecule has 0 aromatic heterocycles. The highest BCUT2D eigenvalue weighted by Gasteiger charge is 2.33. The maximum Gasteiger partial charge on any atom is 0.150 e. The number of rotatable bonds is 5. The van der Waals surface area contributed by atoms with E-state index in [1.807, 2.05) is 13.1 Å². The Kier molecular flexibility index (Phi) is 4.58. The summed E-state index contributed by atoms with van der Waals surface area (Å²) in [5.74, 6) is 0.750. The largest absolute Gasteiger partial charge is 0.319 e. The zero-order chi connectivity index (χ0) is 13.9. The molecule has 1 fully saturated rings. The molecule has 1 aromatic rings. The predicted molar refractivity (Wildman–Crippen MR) is 74.3 cm³/mol. The predicted octanol–water partition coefficient (Wildman–Crippen LogP) is 1.64. The van der Waals surface area contributed by atoms with Gasteiger partial charge in [-0.05, 0) is 56.0 Å². The summed E-state index contributed by atoms with van der Waals surface area (Å²) in [7, 11) is -0.998. The van der Waals surface area contributed by atoms with Gasteiger partial charge in [0.2, 0.25) is 0 Å². The Hall–Kier alpha value is -0.940. The highest BCUT2D eigenvalue weighted by molar-refractivity contribution is 7.91. The lowest BCUT2D eigenvalue weighted by atomic mass is 9.86. The maximum atomic E-state index is 13.2. The lowest BCUT2D eigenvalue weighted by molar-refractivity contribution is 0.351. The van der Waals surface area contributed by atoms with Gasteiger partial charge < -0.3 is 5.32 Å². The van der Waals surface area contributed by atoms with Gasteiger partial charge in [0.25, 0.3) is 0 Å². The molecule has 1 saturated heterocycles. The van der Waals surface area contributed by atoms with Crippen LogP contribution in [0.1, 0.15) is 12.0 Å². The highest BCUT2D eigenvalue weighted by atomic mass is 32.2. The third-order valence-corrected chi connectivity index (χ3v) is 5.58. The van der Waals surface area contributed by atoms with E-state index >= 15 is 0 Å². The fourth-order valence-electron chi connectivity index (χ4n) is 2.83. The zero-order valence-electron chi connectivity index (χ0n) is 11.1. The topological polar surface area (TPSA) is 46.2 Å². The lowest BCUT2D eigenvalue weighted by Gasteiger charge is -2.22. The van der Waals surface area contributed by atoms with E-state index in [0.29, 0.717) is 5.75 Å². The molecule has 1 aliphatic rings. The number of hydrogen-bond acceptors (Lipinski definition) is 3. The SMILES string of the molecule is CNCC(Cc1cccc(F)c1)C1CCS(=O)(=O)C1. The molecule has 0 spiro atoms. The third kappa shape index (κ3) is 4.01. The van der Waals surface area contributed by atoms with Crippen LogP contribution in [-0.2, 0) is 16.3 Å². The molecule has 106 valence electrons. The van der Waals surface area contributed by atoms with Crippen LogP contribution >= 0.6 is 0 Å². The first-order valence-electron chi connectivity index (χ1n) is 6.59. The Morgan fingerprint density at radius 1 is 1.47 bits per heavy atom. The van der Waals surface area contributed by atoms with Gasteiger partial charge in [-0.1, -0.05) is 12.1 Å². The van der Waals surface area contributed by atoms with E-state index in [1.54, 1.807) is 6.07 Å². The Labute approximate surface area is 114 Å². The quantitative estimate of drug-likeness (QED) is 0.894. The van der Waals surface area contributed by atoms with Gasteiger partial charge >= 0.3 is 0 Å². The molecule has 2 atom stereocenters. The molecule has 1 aromatic carbocycles. The van der Waals surface area contributed by atoms with E-state index in [0.717, 1.165) is 24.9 Å². The molecule has 0 aliphatic carbocycles. The highest BCUT2D eigenvalue weighted by Crippen LogP contribution is 2.28. The van der Waals surface area contributed by atoms with E-state index in [9.17, 15) is 12.8 Å². The standard InChI is InChI=1S/C14H20FNO2S/c1-16-9-13(12-5-6-19(17,18)10-12)7-11-3-2-4-14(15)8-11/h2-4,8,12-13,16H,5-7,9-10H2,1H3. The molecule has 3 nitrogen and oxygen atoms in total. The average Bonchev–Trinajstić information content (AvgIpc) is 2.69. The van der Waals surface area contributed by atoms with Crippen LogP contribution in [0.4, 0.5) is 4.39 Å². The van der Waals surface area contributed by atoms with Gasteiger partial charge in [0.05, 0.1) is 11.5 Å². The Morgan fingerprint density at radius 3 is 2.84 bits per heavy atom. The van der Waals surface area contributed by atoms with Crippen molar-refractivity contribution >= 4 is 9.84 Å². The molecule has 5 heteroatoms. The van der Waals surface area contributed by atoms with E-state index < -0.39 is 9.84 Å². The van der Waals surface area contributed by atoms with Crippen molar-refractivity contribution in [2.24, 2.45) is 11.8 Å². The second kappa shape index (κ2) is 6.01. The van der Waals surface area contributed by atoms with Crippen LogP contribution in [0.5, 0.6) is 0 Å². The molecule has 1 heterocycles. The Balaban J connectivity index is 2.08. The molecule has 0 saturated carbocycles. The second-order valence-electron chi connectivity index (χ2n) is 5.31. The monoisotopic (exact) mass is 285 g/mol. The minimum atomic E-state index is -2.86. The van der Waals surface area contributed by atoms with Crippen molar-refractivity contribution in [3.05, 3.63) is 35.6 Å². The number of hydrogen-bond donors (Lipinski definition) is 1. The van der Waals surface area contributed by atoms with Crippen molar-refractivity contribution in [1.29, 1.82) is 0 Å².